The molecule has 0 saturated carbocycles. The third-order valence-electron chi connectivity index (χ3n) is 5.63. The fraction of sp³-hybridized carbons (Fsp3) is 0.789. The molecule has 0 aromatic carbocycles. The Morgan fingerprint density at radius 1 is 1.25 bits per heavy atom. The van der Waals surface area contributed by atoms with Crippen LogP contribution in [0.4, 0.5) is 0 Å². The lowest BCUT2D eigenvalue weighted by Gasteiger charge is -2.64. The SMILES string of the molecule is C#CCC/C=C\[SH](C)(C)(CC)C(C)(C)C[C@@H](C)CCC. The van der Waals surface area contributed by atoms with Crippen LogP contribution < -0.4 is 0 Å². The molecule has 0 spiro atoms. The Morgan fingerprint density at radius 2 is 1.85 bits per heavy atom. The molecule has 20 heavy (non-hydrogen) atoms. The molecule has 0 N–H and O–H groups in total. The van der Waals surface area contributed by atoms with Crippen molar-refractivity contribution in [3.63, 3.8) is 0 Å². The van der Waals surface area contributed by atoms with E-state index in [-0.39, 0.29) is 0 Å². The fourth-order valence-corrected chi connectivity index (χ4v) is 6.27. The van der Waals surface area contributed by atoms with Crippen molar-refractivity contribution < 1.29 is 0 Å². The Kier molecular flexibility index (Phi) is 7.47. The van der Waals surface area contributed by atoms with Gasteiger partial charge in [0.15, 0.2) is 0 Å². The second-order valence-electron chi connectivity index (χ2n) is 7.87. The van der Waals surface area contributed by atoms with Gasteiger partial charge in [0.05, 0.1) is 0 Å². The highest BCUT2D eigenvalue weighted by molar-refractivity contribution is 8.51. The Labute approximate surface area is 129 Å². The van der Waals surface area contributed by atoms with Crippen molar-refractivity contribution in [2.45, 2.75) is 71.5 Å². The topological polar surface area (TPSA) is 0 Å². The monoisotopic (exact) mass is 298 g/mol. The van der Waals surface area contributed by atoms with Gasteiger partial charge in [-0.05, 0) is 41.8 Å². The molecule has 0 radical (unpaired) electrons. The molecule has 1 heteroatoms. The van der Waals surface area contributed by atoms with Crippen molar-refractivity contribution in [1.29, 1.82) is 0 Å². The summed E-state index contributed by atoms with van der Waals surface area (Å²) < 4.78 is 0.404. The predicted octanol–water partition coefficient (Wildman–Crippen LogP) is 5.87. The third-order valence-corrected chi connectivity index (χ3v) is 12.9. The van der Waals surface area contributed by atoms with Gasteiger partial charge >= 0.3 is 0 Å². The minimum Gasteiger partial charge on any atom is -0.269 e. The highest BCUT2D eigenvalue weighted by Crippen LogP contribution is 2.74. The molecule has 1 atom stereocenters. The maximum Gasteiger partial charge on any atom is 0.0121 e. The van der Waals surface area contributed by atoms with E-state index in [0.29, 0.717) is 4.75 Å². The van der Waals surface area contributed by atoms with Crippen molar-refractivity contribution in [2.24, 2.45) is 5.92 Å². The number of unbranched alkanes of at least 4 members (excludes halogenated alkanes) is 1. The summed E-state index contributed by atoms with van der Waals surface area (Å²) in [5.41, 5.74) is 0. The maximum atomic E-state index is 5.36. The third kappa shape index (κ3) is 4.88. The fourth-order valence-electron chi connectivity index (χ4n) is 3.06. The first kappa shape index (κ1) is 19.7. The molecule has 0 rings (SSSR count). The van der Waals surface area contributed by atoms with Crippen molar-refractivity contribution in [3.8, 4) is 12.3 Å². The molecule has 0 heterocycles. The molecule has 0 aliphatic carbocycles. The van der Waals surface area contributed by atoms with E-state index >= 15 is 0 Å². The molecule has 0 unspecified atom stereocenters. The Morgan fingerprint density at radius 3 is 2.30 bits per heavy atom. The summed E-state index contributed by atoms with van der Waals surface area (Å²) in [4.78, 5) is 0. The maximum absolute atomic E-state index is 5.36. The van der Waals surface area contributed by atoms with Crippen LogP contribution in [0, 0.1) is 18.3 Å². The van der Waals surface area contributed by atoms with Crippen molar-refractivity contribution >= 4 is 9.16 Å². The lowest BCUT2D eigenvalue weighted by Crippen LogP contribution is -2.40. The van der Waals surface area contributed by atoms with Gasteiger partial charge in [-0.15, -0.1) is 12.3 Å². The van der Waals surface area contributed by atoms with E-state index in [2.05, 4.69) is 64.5 Å². The molecule has 0 bridgehead atoms. The van der Waals surface area contributed by atoms with Crippen LogP contribution in [0.15, 0.2) is 11.5 Å². The van der Waals surface area contributed by atoms with Gasteiger partial charge in [-0.1, -0.05) is 58.9 Å². The van der Waals surface area contributed by atoms with Gasteiger partial charge in [0.25, 0.3) is 0 Å². The molecule has 0 saturated heterocycles. The number of terminal acetylenes is 1. The minimum atomic E-state index is -1.83. The van der Waals surface area contributed by atoms with Gasteiger partial charge in [0.2, 0.25) is 0 Å². The number of allylic oxidation sites excluding steroid dienone is 1. The van der Waals surface area contributed by atoms with Crippen LogP contribution >= 0.6 is 9.16 Å². The van der Waals surface area contributed by atoms with Gasteiger partial charge in [0.1, 0.15) is 0 Å². The van der Waals surface area contributed by atoms with Crippen LogP contribution in [0.5, 0.6) is 0 Å². The van der Waals surface area contributed by atoms with E-state index in [9.17, 15) is 0 Å². The van der Waals surface area contributed by atoms with Crippen LogP contribution in [-0.4, -0.2) is 23.0 Å². The summed E-state index contributed by atoms with van der Waals surface area (Å²) in [6, 6.07) is 0. The number of thiol groups is 1. The molecule has 0 aliphatic rings. The molecule has 0 nitrogen and oxygen atoms in total. The Bertz CT molecular complexity index is 354. The summed E-state index contributed by atoms with van der Waals surface area (Å²) in [6.07, 6.45) is 18.7. The largest absolute Gasteiger partial charge is 0.269 e. The summed E-state index contributed by atoms with van der Waals surface area (Å²) in [5, 5.41) is 2.57. The van der Waals surface area contributed by atoms with Crippen LogP contribution in [0.25, 0.3) is 0 Å². The molecule has 120 valence electrons. The van der Waals surface area contributed by atoms with Gasteiger partial charge in [-0.25, -0.2) is 0 Å². The van der Waals surface area contributed by atoms with Gasteiger partial charge < -0.3 is 0 Å². The standard InChI is InChI=1S/C19H38S/c1-9-12-13-14-16-20(7,8,11-3)19(5,6)17-18(4)15-10-2/h1,14,16,18,20H,10-13,15,17H2,2-8H3/b16-14-/t18-/m0/s1. The van der Waals surface area contributed by atoms with Crippen molar-refractivity contribution in [2.75, 3.05) is 18.3 Å². The average molecular weight is 299 g/mol. The molecule has 0 aromatic heterocycles. The van der Waals surface area contributed by atoms with E-state index in [0.717, 1.165) is 18.8 Å². The van der Waals surface area contributed by atoms with E-state index in [1.54, 1.807) is 0 Å². The van der Waals surface area contributed by atoms with Crippen LogP contribution in [0.1, 0.15) is 66.7 Å². The number of hydrogen-bond donors (Lipinski definition) is 1. The van der Waals surface area contributed by atoms with Crippen LogP contribution in [-0.2, 0) is 0 Å². The van der Waals surface area contributed by atoms with Crippen molar-refractivity contribution in [1.82, 2.24) is 0 Å². The summed E-state index contributed by atoms with van der Waals surface area (Å²) in [6.45, 7) is 12.1. The first-order chi connectivity index (χ1) is 9.12. The first-order valence-electron chi connectivity index (χ1n) is 8.24. The lowest BCUT2D eigenvalue weighted by atomic mass is 9.94. The second-order valence-corrected chi connectivity index (χ2v) is 15.0. The highest BCUT2D eigenvalue weighted by atomic mass is 32.3. The van der Waals surface area contributed by atoms with Crippen LogP contribution in [0.2, 0.25) is 0 Å². The number of rotatable bonds is 9. The molecule has 0 fully saturated rings. The zero-order valence-electron chi connectivity index (χ0n) is 15.0. The molecule has 0 aromatic rings. The van der Waals surface area contributed by atoms with E-state index < -0.39 is 9.16 Å². The predicted molar refractivity (Wildman–Crippen MR) is 101 cm³/mol. The average Bonchev–Trinajstić information content (AvgIpc) is 2.34. The zero-order valence-corrected chi connectivity index (χ0v) is 15.9. The van der Waals surface area contributed by atoms with E-state index in [4.69, 9.17) is 6.42 Å². The quantitative estimate of drug-likeness (QED) is 0.307. The normalized spacial score (nSPS) is 16.6. The lowest BCUT2D eigenvalue weighted by molar-refractivity contribution is 0.431. The van der Waals surface area contributed by atoms with E-state index in [1.807, 2.05) is 0 Å². The first-order valence-corrected chi connectivity index (χ1v) is 11.6. The molecular formula is C19H38S. The summed E-state index contributed by atoms with van der Waals surface area (Å²) in [5.74, 6) is 4.84. The number of hydrogen-bond acceptors (Lipinski definition) is 0. The van der Waals surface area contributed by atoms with Gasteiger partial charge in [0, 0.05) is 6.42 Å². The van der Waals surface area contributed by atoms with E-state index in [1.165, 1.54) is 25.0 Å². The Hall–Kier alpha value is -0.350. The summed E-state index contributed by atoms with van der Waals surface area (Å²) in [7, 11) is -1.83. The zero-order chi connectivity index (χ0) is 15.9. The van der Waals surface area contributed by atoms with Crippen LogP contribution in [0.3, 0.4) is 0 Å². The van der Waals surface area contributed by atoms with Gasteiger partial charge in [-0.2, -0.15) is 0 Å². The second kappa shape index (κ2) is 7.60. The Balaban J connectivity index is 5.15. The summed E-state index contributed by atoms with van der Waals surface area (Å²) >= 11 is 0. The molecule has 0 amide bonds. The smallest absolute Gasteiger partial charge is 0.0121 e. The van der Waals surface area contributed by atoms with Crippen molar-refractivity contribution in [3.05, 3.63) is 11.5 Å². The van der Waals surface area contributed by atoms with Gasteiger partial charge in [-0.3, -0.25) is 9.16 Å². The minimum absolute atomic E-state index is 0.404. The molecule has 0 aliphatic heterocycles. The molecular weight excluding hydrogens is 260 g/mol. The highest BCUT2D eigenvalue weighted by Gasteiger charge is 2.42.